The molecule has 170 valence electrons. The maximum absolute atomic E-state index is 14.0. The van der Waals surface area contributed by atoms with Crippen LogP contribution in [0.4, 0.5) is 23.4 Å². The lowest BCUT2D eigenvalue weighted by molar-refractivity contribution is -0.141. The van der Waals surface area contributed by atoms with E-state index in [0.29, 0.717) is 17.3 Å². The normalized spacial score (nSPS) is 14.1. The van der Waals surface area contributed by atoms with Crippen molar-refractivity contribution >= 4 is 50.9 Å². The van der Waals surface area contributed by atoms with Crippen molar-refractivity contribution in [3.8, 4) is 0 Å². The topological polar surface area (TPSA) is 64.7 Å². The molecule has 0 unspecified atom stereocenters. The Morgan fingerprint density at radius 2 is 1.97 bits per heavy atom. The molecule has 0 atom stereocenters. The van der Waals surface area contributed by atoms with Gasteiger partial charge in [-0.1, -0.05) is 29.3 Å². The van der Waals surface area contributed by atoms with Gasteiger partial charge in [-0.25, -0.2) is 4.39 Å². The molecule has 0 saturated heterocycles. The van der Waals surface area contributed by atoms with Gasteiger partial charge in [-0.2, -0.15) is 23.4 Å². The molecular weight excluding hydrogens is 541 g/mol. The molecule has 1 N–H and O–H groups in total. The second-order valence-corrected chi connectivity index (χ2v) is 8.89. The Hall–Kier alpha value is -2.11. The third-order valence-corrected chi connectivity index (χ3v) is 6.12. The van der Waals surface area contributed by atoms with Crippen LogP contribution < -0.4 is 5.32 Å². The first kappa shape index (κ1) is 23.1. The van der Waals surface area contributed by atoms with E-state index >= 15 is 0 Å². The Balaban J connectivity index is 1.51. The van der Waals surface area contributed by atoms with Gasteiger partial charge in [-0.15, -0.1) is 0 Å². The number of aromatic nitrogens is 4. The molecule has 2 heterocycles. The highest BCUT2D eigenvalue weighted by Gasteiger charge is 2.42. The van der Waals surface area contributed by atoms with E-state index in [-0.39, 0.29) is 34.6 Å². The molecule has 4 rings (SSSR count). The Kier molecular flexibility index (Phi) is 6.25. The number of hydrogen-bond donors (Lipinski definition) is 1. The zero-order valence-corrected chi connectivity index (χ0v) is 19.2. The van der Waals surface area contributed by atoms with E-state index in [1.807, 2.05) is 0 Å². The van der Waals surface area contributed by atoms with Crippen molar-refractivity contribution in [2.75, 3.05) is 5.32 Å². The van der Waals surface area contributed by atoms with Gasteiger partial charge in [0.1, 0.15) is 12.4 Å². The minimum absolute atomic E-state index is 0.00944. The van der Waals surface area contributed by atoms with Gasteiger partial charge in [0, 0.05) is 22.7 Å². The van der Waals surface area contributed by atoms with Crippen LogP contribution in [0.1, 0.15) is 35.7 Å². The minimum atomic E-state index is -4.72. The van der Waals surface area contributed by atoms with Crippen LogP contribution in [0.3, 0.4) is 0 Å². The van der Waals surface area contributed by atoms with Crippen molar-refractivity contribution in [1.82, 2.24) is 19.6 Å². The van der Waals surface area contributed by atoms with Crippen molar-refractivity contribution in [3.63, 3.8) is 0 Å². The average Bonchev–Trinajstić information content (AvgIpc) is 3.38. The molecule has 1 fully saturated rings. The van der Waals surface area contributed by atoms with Crippen molar-refractivity contribution < 1.29 is 22.4 Å². The predicted molar refractivity (Wildman–Crippen MR) is 113 cm³/mol. The lowest BCUT2D eigenvalue weighted by Crippen LogP contribution is -2.22. The number of rotatable bonds is 6. The van der Waals surface area contributed by atoms with E-state index in [2.05, 4.69) is 31.4 Å². The van der Waals surface area contributed by atoms with Gasteiger partial charge in [0.2, 0.25) is 5.91 Å². The molecule has 32 heavy (non-hydrogen) atoms. The van der Waals surface area contributed by atoms with Crippen molar-refractivity contribution in [3.05, 3.63) is 61.7 Å². The van der Waals surface area contributed by atoms with Crippen LogP contribution in [0.5, 0.6) is 0 Å². The Morgan fingerprint density at radius 1 is 1.25 bits per heavy atom. The molecule has 0 radical (unpaired) electrons. The van der Waals surface area contributed by atoms with Crippen LogP contribution in [0.25, 0.3) is 0 Å². The number of halogens is 7. The Morgan fingerprint density at radius 3 is 2.59 bits per heavy atom. The summed E-state index contributed by atoms with van der Waals surface area (Å²) in [5.74, 6) is -1.19. The SMILES string of the molecule is O=C(Cn1nc(C(F)(F)F)c(Cl)c1C1CC1)Nc1nn(Cc2c(F)cccc2Cl)cc1Br. The summed E-state index contributed by atoms with van der Waals surface area (Å²) in [5, 5.41) is 9.98. The van der Waals surface area contributed by atoms with Crippen LogP contribution in [-0.2, 0) is 24.1 Å². The fraction of sp³-hybridized carbons (Fsp3) is 0.316. The quantitative estimate of drug-likeness (QED) is 0.387. The summed E-state index contributed by atoms with van der Waals surface area (Å²) in [4.78, 5) is 12.5. The fourth-order valence-electron chi connectivity index (χ4n) is 3.22. The van der Waals surface area contributed by atoms with E-state index in [0.717, 1.165) is 4.68 Å². The van der Waals surface area contributed by atoms with Crippen LogP contribution in [0.15, 0.2) is 28.9 Å². The summed E-state index contributed by atoms with van der Waals surface area (Å²) >= 11 is 15.2. The molecule has 1 aliphatic carbocycles. The first-order chi connectivity index (χ1) is 15.0. The van der Waals surface area contributed by atoms with Crippen molar-refractivity contribution in [1.29, 1.82) is 0 Å². The molecule has 3 aromatic rings. The van der Waals surface area contributed by atoms with Crippen LogP contribution >= 0.6 is 39.1 Å². The number of carbonyl (C=O) groups excluding carboxylic acids is 1. The Labute approximate surface area is 197 Å². The maximum atomic E-state index is 14.0. The lowest BCUT2D eigenvalue weighted by atomic mass is 10.2. The van der Waals surface area contributed by atoms with Crippen molar-refractivity contribution in [2.45, 2.75) is 38.0 Å². The Bertz CT molecular complexity index is 1170. The zero-order valence-electron chi connectivity index (χ0n) is 16.1. The highest BCUT2D eigenvalue weighted by Crippen LogP contribution is 2.46. The third kappa shape index (κ3) is 4.79. The number of anilines is 1. The lowest BCUT2D eigenvalue weighted by Gasteiger charge is -2.08. The largest absolute Gasteiger partial charge is 0.436 e. The average molecular weight is 555 g/mol. The summed E-state index contributed by atoms with van der Waals surface area (Å²) in [6.45, 7) is -0.463. The first-order valence-electron chi connectivity index (χ1n) is 9.33. The molecular formula is C19H14BrCl2F4N5O. The third-order valence-electron chi connectivity index (χ3n) is 4.81. The van der Waals surface area contributed by atoms with Gasteiger partial charge in [0.05, 0.1) is 21.7 Å². The second-order valence-electron chi connectivity index (χ2n) is 7.25. The number of hydrogen-bond acceptors (Lipinski definition) is 3. The predicted octanol–water partition coefficient (Wildman–Crippen LogP) is 5.87. The number of carbonyl (C=O) groups is 1. The minimum Gasteiger partial charge on any atom is -0.307 e. The molecule has 2 aromatic heterocycles. The number of nitrogens with one attached hydrogen (secondary N) is 1. The highest BCUT2D eigenvalue weighted by molar-refractivity contribution is 9.10. The van der Waals surface area contributed by atoms with Gasteiger partial charge in [0.15, 0.2) is 11.5 Å². The number of benzene rings is 1. The van der Waals surface area contributed by atoms with Gasteiger partial charge in [-0.3, -0.25) is 14.2 Å². The summed E-state index contributed by atoms with van der Waals surface area (Å²) in [7, 11) is 0. The number of alkyl halides is 3. The van der Waals surface area contributed by atoms with Crippen LogP contribution in [0, 0.1) is 5.82 Å². The highest BCUT2D eigenvalue weighted by atomic mass is 79.9. The molecule has 13 heteroatoms. The number of nitrogens with zero attached hydrogens (tertiary/aromatic N) is 4. The van der Waals surface area contributed by atoms with Crippen molar-refractivity contribution in [2.24, 2.45) is 0 Å². The summed E-state index contributed by atoms with van der Waals surface area (Å²) < 4.78 is 56.3. The molecule has 1 amide bonds. The second kappa shape index (κ2) is 8.68. The zero-order chi connectivity index (χ0) is 23.2. The van der Waals surface area contributed by atoms with Crippen LogP contribution in [-0.4, -0.2) is 25.5 Å². The van der Waals surface area contributed by atoms with Crippen LogP contribution in [0.2, 0.25) is 10.0 Å². The summed E-state index contributed by atoms with van der Waals surface area (Å²) in [6.07, 6.45) is -1.85. The monoisotopic (exact) mass is 553 g/mol. The fourth-order valence-corrected chi connectivity index (χ4v) is 4.25. The molecule has 0 aliphatic heterocycles. The first-order valence-corrected chi connectivity index (χ1v) is 10.9. The van der Waals surface area contributed by atoms with E-state index in [1.54, 1.807) is 6.07 Å². The molecule has 1 saturated carbocycles. The van der Waals surface area contributed by atoms with E-state index in [9.17, 15) is 22.4 Å². The molecule has 1 aromatic carbocycles. The number of amides is 1. The standard InChI is InChI=1S/C19H14BrCl2F4N5O/c20-11-7-30(6-10-12(21)2-1-3-13(10)23)29-18(11)27-14(32)8-31-16(9-4-5-9)15(22)17(28-31)19(24,25)26/h1-3,7,9H,4-6,8H2,(H,27,29,32). The van der Waals surface area contributed by atoms with Gasteiger partial charge in [-0.05, 0) is 40.9 Å². The van der Waals surface area contributed by atoms with E-state index in [4.69, 9.17) is 23.2 Å². The maximum Gasteiger partial charge on any atom is 0.436 e. The molecule has 6 nitrogen and oxygen atoms in total. The van der Waals surface area contributed by atoms with E-state index in [1.165, 1.54) is 23.0 Å². The van der Waals surface area contributed by atoms with Gasteiger partial charge < -0.3 is 5.32 Å². The smallest absolute Gasteiger partial charge is 0.307 e. The van der Waals surface area contributed by atoms with Gasteiger partial charge in [0.25, 0.3) is 0 Å². The summed E-state index contributed by atoms with van der Waals surface area (Å²) in [5.41, 5.74) is -0.781. The van der Waals surface area contributed by atoms with Gasteiger partial charge >= 0.3 is 6.18 Å². The van der Waals surface area contributed by atoms with E-state index < -0.39 is 35.2 Å². The molecule has 0 bridgehead atoms. The molecule has 0 spiro atoms. The summed E-state index contributed by atoms with van der Waals surface area (Å²) in [6, 6.07) is 4.29. The molecule has 1 aliphatic rings.